The number of fused-ring (bicyclic) bond motifs is 1. The number of nitrogen functional groups attached to an aromatic ring is 1. The highest BCUT2D eigenvalue weighted by molar-refractivity contribution is 7.16. The van der Waals surface area contributed by atoms with E-state index in [-0.39, 0.29) is 0 Å². The molecule has 1 aliphatic rings. The van der Waals surface area contributed by atoms with Gasteiger partial charge in [-0.1, -0.05) is 0 Å². The molecule has 1 aliphatic heterocycles. The third-order valence-electron chi connectivity index (χ3n) is 4.00. The van der Waals surface area contributed by atoms with Crippen LogP contribution in [0.5, 0.6) is 0 Å². The molecule has 108 valence electrons. The van der Waals surface area contributed by atoms with Gasteiger partial charge in [-0.15, -0.1) is 11.3 Å². The van der Waals surface area contributed by atoms with Gasteiger partial charge in [0, 0.05) is 13.1 Å². The number of hydrogen-bond acceptors (Lipinski definition) is 7. The molecule has 6 nitrogen and oxygen atoms in total. The molecule has 0 bridgehead atoms. The number of thiophene rings is 1. The molecular weight excluding hydrogens is 272 g/mol. The summed E-state index contributed by atoms with van der Waals surface area (Å²) in [6, 6.07) is 2.61. The second-order valence-corrected chi connectivity index (χ2v) is 6.19. The lowest BCUT2D eigenvalue weighted by Gasteiger charge is -2.36. The molecule has 3 heterocycles. The molecule has 3 rings (SSSR count). The van der Waals surface area contributed by atoms with E-state index < -0.39 is 0 Å². The van der Waals surface area contributed by atoms with Crippen molar-refractivity contribution in [2.24, 2.45) is 5.84 Å². The van der Waals surface area contributed by atoms with Crippen LogP contribution in [0.3, 0.4) is 0 Å². The number of hydrazine groups is 1. The molecular formula is C13H20N6S. The maximum absolute atomic E-state index is 5.48. The lowest BCUT2D eigenvalue weighted by molar-refractivity contribution is 0.252. The number of rotatable bonds is 3. The maximum Gasteiger partial charge on any atom is 0.240 e. The molecule has 0 saturated carbocycles. The Hall–Kier alpha value is -1.44. The van der Waals surface area contributed by atoms with Crippen LogP contribution in [0.2, 0.25) is 0 Å². The van der Waals surface area contributed by atoms with Gasteiger partial charge in [-0.2, -0.15) is 4.98 Å². The first kappa shape index (κ1) is 13.5. The maximum atomic E-state index is 5.48. The molecule has 0 aromatic carbocycles. The molecule has 2 aromatic heterocycles. The number of nitrogens with one attached hydrogen (secondary N) is 1. The summed E-state index contributed by atoms with van der Waals surface area (Å²) in [5.41, 5.74) is 2.56. The standard InChI is InChI=1S/C13H20N6S/c1-18-6-3-9(4-7-18)19(2)11-10-5-8-20-12(10)16-13(15-11)17-14/h5,8-9H,3-4,6-7,14H2,1-2H3,(H,15,16,17). The molecule has 20 heavy (non-hydrogen) atoms. The second-order valence-electron chi connectivity index (χ2n) is 5.30. The van der Waals surface area contributed by atoms with Gasteiger partial charge in [0.2, 0.25) is 5.95 Å². The molecule has 2 aromatic rings. The van der Waals surface area contributed by atoms with E-state index in [9.17, 15) is 0 Å². The van der Waals surface area contributed by atoms with Crippen LogP contribution in [-0.2, 0) is 0 Å². The molecule has 0 aliphatic carbocycles. The minimum Gasteiger partial charge on any atom is -0.356 e. The fourth-order valence-electron chi connectivity index (χ4n) is 2.73. The first-order chi connectivity index (χ1) is 9.69. The molecule has 0 atom stereocenters. The van der Waals surface area contributed by atoms with Crippen molar-refractivity contribution in [1.29, 1.82) is 0 Å². The fourth-order valence-corrected chi connectivity index (χ4v) is 3.49. The van der Waals surface area contributed by atoms with Gasteiger partial charge in [0.1, 0.15) is 10.6 Å². The van der Waals surface area contributed by atoms with Crippen molar-refractivity contribution in [3.05, 3.63) is 11.4 Å². The summed E-state index contributed by atoms with van der Waals surface area (Å²) < 4.78 is 0. The van der Waals surface area contributed by atoms with Crippen molar-refractivity contribution in [2.45, 2.75) is 18.9 Å². The highest BCUT2D eigenvalue weighted by atomic mass is 32.1. The average Bonchev–Trinajstić information content (AvgIpc) is 2.94. The van der Waals surface area contributed by atoms with Crippen LogP contribution in [0, 0.1) is 0 Å². The number of likely N-dealkylation sites (tertiary alicyclic amines) is 1. The van der Waals surface area contributed by atoms with Gasteiger partial charge in [0.25, 0.3) is 0 Å². The largest absolute Gasteiger partial charge is 0.356 e. The topological polar surface area (TPSA) is 70.3 Å². The Morgan fingerprint density at radius 1 is 1.40 bits per heavy atom. The predicted molar refractivity (Wildman–Crippen MR) is 84.1 cm³/mol. The van der Waals surface area contributed by atoms with E-state index in [2.05, 4.69) is 45.4 Å². The molecule has 1 saturated heterocycles. The third-order valence-corrected chi connectivity index (χ3v) is 4.81. The highest BCUT2D eigenvalue weighted by Crippen LogP contribution is 2.30. The van der Waals surface area contributed by atoms with Crippen molar-refractivity contribution < 1.29 is 0 Å². The van der Waals surface area contributed by atoms with E-state index in [1.54, 1.807) is 11.3 Å². The summed E-state index contributed by atoms with van der Waals surface area (Å²) in [6.45, 7) is 2.27. The van der Waals surface area contributed by atoms with Gasteiger partial charge in [-0.25, -0.2) is 10.8 Å². The Balaban J connectivity index is 1.93. The summed E-state index contributed by atoms with van der Waals surface area (Å²) in [7, 11) is 4.30. The van der Waals surface area contributed by atoms with Crippen molar-refractivity contribution >= 4 is 33.3 Å². The Morgan fingerprint density at radius 3 is 2.85 bits per heavy atom. The predicted octanol–water partition coefficient (Wildman–Crippen LogP) is 1.51. The Labute approximate surface area is 122 Å². The smallest absolute Gasteiger partial charge is 0.240 e. The van der Waals surface area contributed by atoms with Gasteiger partial charge < -0.3 is 9.80 Å². The van der Waals surface area contributed by atoms with Crippen LogP contribution in [0.25, 0.3) is 10.2 Å². The molecule has 0 spiro atoms. The SMILES string of the molecule is CN1CCC(N(C)c2nc(NN)nc3sccc23)CC1. The highest BCUT2D eigenvalue weighted by Gasteiger charge is 2.23. The zero-order chi connectivity index (χ0) is 14.1. The molecule has 0 amide bonds. The lowest BCUT2D eigenvalue weighted by Crippen LogP contribution is -2.42. The number of nitrogens with zero attached hydrogens (tertiary/aromatic N) is 4. The van der Waals surface area contributed by atoms with Crippen LogP contribution < -0.4 is 16.2 Å². The summed E-state index contributed by atoms with van der Waals surface area (Å²) in [5, 5.41) is 3.15. The van der Waals surface area contributed by atoms with Gasteiger partial charge >= 0.3 is 0 Å². The Bertz CT molecular complexity index is 590. The van der Waals surface area contributed by atoms with E-state index in [0.29, 0.717) is 12.0 Å². The third kappa shape index (κ3) is 2.44. The van der Waals surface area contributed by atoms with Crippen molar-refractivity contribution in [3.63, 3.8) is 0 Å². The molecule has 1 fully saturated rings. The van der Waals surface area contributed by atoms with Gasteiger partial charge in [-0.3, -0.25) is 5.43 Å². The van der Waals surface area contributed by atoms with Crippen LogP contribution in [0.1, 0.15) is 12.8 Å². The number of aromatic nitrogens is 2. The van der Waals surface area contributed by atoms with E-state index in [1.165, 1.54) is 0 Å². The zero-order valence-corrected chi connectivity index (χ0v) is 12.7. The average molecular weight is 292 g/mol. The minimum absolute atomic E-state index is 0.481. The number of hydrogen-bond donors (Lipinski definition) is 2. The summed E-state index contributed by atoms with van der Waals surface area (Å²) in [5.74, 6) is 6.93. The number of anilines is 2. The van der Waals surface area contributed by atoms with Gasteiger partial charge in [0.05, 0.1) is 5.39 Å². The summed E-state index contributed by atoms with van der Waals surface area (Å²) in [6.07, 6.45) is 2.32. The molecule has 3 N–H and O–H groups in total. The lowest BCUT2D eigenvalue weighted by atomic mass is 10.0. The number of nitrogens with two attached hydrogens (primary N) is 1. The van der Waals surface area contributed by atoms with E-state index in [1.807, 2.05) is 5.38 Å². The quantitative estimate of drug-likeness (QED) is 0.660. The van der Waals surface area contributed by atoms with Crippen LogP contribution >= 0.6 is 11.3 Å². The first-order valence-corrected chi connectivity index (χ1v) is 7.70. The van der Waals surface area contributed by atoms with Gasteiger partial charge in [0.15, 0.2) is 0 Å². The molecule has 7 heteroatoms. The normalized spacial score (nSPS) is 17.6. The summed E-state index contributed by atoms with van der Waals surface area (Å²) in [4.78, 5) is 14.6. The van der Waals surface area contributed by atoms with Crippen LogP contribution in [0.15, 0.2) is 11.4 Å². The van der Waals surface area contributed by atoms with Crippen LogP contribution in [0.4, 0.5) is 11.8 Å². The zero-order valence-electron chi connectivity index (χ0n) is 11.8. The van der Waals surface area contributed by atoms with E-state index >= 15 is 0 Å². The molecule has 0 unspecified atom stereocenters. The monoisotopic (exact) mass is 292 g/mol. The summed E-state index contributed by atoms with van der Waals surface area (Å²) >= 11 is 1.61. The Morgan fingerprint density at radius 2 is 2.15 bits per heavy atom. The van der Waals surface area contributed by atoms with Gasteiger partial charge in [-0.05, 0) is 44.4 Å². The van der Waals surface area contributed by atoms with E-state index in [4.69, 9.17) is 5.84 Å². The first-order valence-electron chi connectivity index (χ1n) is 6.82. The van der Waals surface area contributed by atoms with Crippen molar-refractivity contribution in [1.82, 2.24) is 14.9 Å². The minimum atomic E-state index is 0.481. The Kier molecular flexibility index (Phi) is 3.73. The number of piperidine rings is 1. The van der Waals surface area contributed by atoms with Crippen LogP contribution in [-0.4, -0.2) is 48.1 Å². The fraction of sp³-hybridized carbons (Fsp3) is 0.538. The van der Waals surface area contributed by atoms with Crippen molar-refractivity contribution in [2.75, 3.05) is 37.5 Å². The second kappa shape index (κ2) is 5.51. The molecule has 0 radical (unpaired) electrons. The van der Waals surface area contributed by atoms with E-state index in [0.717, 1.165) is 42.0 Å². The van der Waals surface area contributed by atoms with Crippen molar-refractivity contribution in [3.8, 4) is 0 Å².